The number of carbonyl (C=O) groups is 1. The van der Waals surface area contributed by atoms with E-state index in [4.69, 9.17) is 17.0 Å². The van der Waals surface area contributed by atoms with Gasteiger partial charge in [0.2, 0.25) is 5.91 Å². The van der Waals surface area contributed by atoms with Crippen molar-refractivity contribution in [2.24, 2.45) is 0 Å². The molecule has 32 heavy (non-hydrogen) atoms. The van der Waals surface area contributed by atoms with Crippen molar-refractivity contribution in [2.75, 3.05) is 13.2 Å². The van der Waals surface area contributed by atoms with Gasteiger partial charge in [-0.25, -0.2) is 0 Å². The zero-order valence-electron chi connectivity index (χ0n) is 18.0. The number of H-pyrrole nitrogens is 1. The maximum absolute atomic E-state index is 12.5. The topological polar surface area (TPSA) is 71.9 Å². The van der Waals surface area contributed by atoms with Crippen LogP contribution in [0.4, 0.5) is 0 Å². The average molecular weight is 447 g/mol. The Morgan fingerprint density at radius 1 is 1.09 bits per heavy atom. The molecule has 0 unspecified atom stereocenters. The zero-order valence-corrected chi connectivity index (χ0v) is 18.8. The van der Waals surface area contributed by atoms with Crippen molar-refractivity contribution in [1.82, 2.24) is 20.1 Å². The molecular formula is C25H26N4O2S. The fourth-order valence-electron chi connectivity index (χ4n) is 3.76. The van der Waals surface area contributed by atoms with Crippen molar-refractivity contribution in [2.45, 2.75) is 26.3 Å². The van der Waals surface area contributed by atoms with Crippen LogP contribution in [-0.2, 0) is 17.8 Å². The largest absolute Gasteiger partial charge is 0.494 e. The Balaban J connectivity index is 1.34. The predicted molar refractivity (Wildman–Crippen MR) is 129 cm³/mol. The van der Waals surface area contributed by atoms with Crippen molar-refractivity contribution in [3.05, 3.63) is 77.1 Å². The zero-order chi connectivity index (χ0) is 22.3. The summed E-state index contributed by atoms with van der Waals surface area (Å²) in [6.45, 7) is 3.62. The van der Waals surface area contributed by atoms with Crippen LogP contribution in [-0.4, -0.2) is 33.8 Å². The smallest absolute Gasteiger partial charge is 0.221 e. The second-order valence-electron chi connectivity index (χ2n) is 7.45. The van der Waals surface area contributed by atoms with Gasteiger partial charge in [0.25, 0.3) is 0 Å². The van der Waals surface area contributed by atoms with Crippen molar-refractivity contribution < 1.29 is 9.53 Å². The summed E-state index contributed by atoms with van der Waals surface area (Å²) in [6.07, 6.45) is 1.11. The molecule has 0 fully saturated rings. The highest BCUT2D eigenvalue weighted by Gasteiger charge is 2.11. The molecule has 0 saturated heterocycles. The first-order chi connectivity index (χ1) is 15.7. The molecule has 4 rings (SSSR count). The lowest BCUT2D eigenvalue weighted by atomic mass is 10.0. The molecule has 7 heteroatoms. The molecule has 0 aliphatic heterocycles. The molecular weight excluding hydrogens is 420 g/mol. The summed E-state index contributed by atoms with van der Waals surface area (Å²) in [5.74, 6) is 1.51. The van der Waals surface area contributed by atoms with Gasteiger partial charge in [-0.3, -0.25) is 14.5 Å². The monoisotopic (exact) mass is 446 g/mol. The Hall–Kier alpha value is -3.45. The summed E-state index contributed by atoms with van der Waals surface area (Å²) in [6, 6.07) is 22.3. The predicted octanol–water partition coefficient (Wildman–Crippen LogP) is 4.91. The highest BCUT2D eigenvalue weighted by molar-refractivity contribution is 7.71. The number of benzene rings is 3. The summed E-state index contributed by atoms with van der Waals surface area (Å²) in [5.41, 5.74) is 2.15. The van der Waals surface area contributed by atoms with Crippen molar-refractivity contribution in [3.8, 4) is 17.1 Å². The number of ether oxygens (including phenoxy) is 1. The number of amides is 1. The minimum atomic E-state index is -0.00835. The van der Waals surface area contributed by atoms with E-state index in [1.54, 1.807) is 0 Å². The van der Waals surface area contributed by atoms with E-state index >= 15 is 0 Å². The molecule has 0 aliphatic rings. The Morgan fingerprint density at radius 2 is 1.88 bits per heavy atom. The maximum atomic E-state index is 12.5. The van der Waals surface area contributed by atoms with Gasteiger partial charge >= 0.3 is 0 Å². The molecule has 164 valence electrons. The van der Waals surface area contributed by atoms with Crippen LogP contribution in [0.5, 0.6) is 5.75 Å². The fraction of sp³-hybridized carbons (Fsp3) is 0.240. The Bertz CT molecular complexity index is 1260. The maximum Gasteiger partial charge on any atom is 0.221 e. The number of fused-ring (bicyclic) bond motifs is 1. The molecule has 1 amide bonds. The highest BCUT2D eigenvalue weighted by atomic mass is 32.1. The molecule has 2 N–H and O–H groups in total. The van der Waals surface area contributed by atoms with Crippen molar-refractivity contribution >= 4 is 28.9 Å². The number of aromatic nitrogens is 3. The van der Waals surface area contributed by atoms with E-state index in [1.165, 1.54) is 16.3 Å². The van der Waals surface area contributed by atoms with Crippen LogP contribution in [0.15, 0.2) is 66.7 Å². The van der Waals surface area contributed by atoms with Crippen LogP contribution in [0.3, 0.4) is 0 Å². The molecule has 0 atom stereocenters. The third-order valence-electron chi connectivity index (χ3n) is 5.34. The van der Waals surface area contributed by atoms with Crippen LogP contribution in [0.25, 0.3) is 22.2 Å². The minimum Gasteiger partial charge on any atom is -0.494 e. The first-order valence-corrected chi connectivity index (χ1v) is 11.2. The highest BCUT2D eigenvalue weighted by Crippen LogP contribution is 2.21. The normalized spacial score (nSPS) is 10.9. The van der Waals surface area contributed by atoms with E-state index in [9.17, 15) is 4.79 Å². The summed E-state index contributed by atoms with van der Waals surface area (Å²) < 4.78 is 7.85. The molecule has 0 saturated carbocycles. The van der Waals surface area contributed by atoms with Gasteiger partial charge in [-0.05, 0) is 66.2 Å². The molecule has 1 aromatic heterocycles. The molecule has 0 aliphatic carbocycles. The molecule has 0 radical (unpaired) electrons. The van der Waals surface area contributed by atoms with E-state index < -0.39 is 0 Å². The lowest BCUT2D eigenvalue weighted by Crippen LogP contribution is -2.26. The van der Waals surface area contributed by atoms with Gasteiger partial charge in [-0.15, -0.1) is 0 Å². The lowest BCUT2D eigenvalue weighted by Gasteiger charge is -2.10. The van der Waals surface area contributed by atoms with Crippen molar-refractivity contribution in [3.63, 3.8) is 0 Å². The SMILES string of the molecule is CCOc1ccc(-c2n[nH]c(=S)n2CCC(=O)NCCc2cccc3ccccc23)cc1. The number of carbonyl (C=O) groups excluding carboxylic acids is 1. The molecule has 4 aromatic rings. The third-order valence-corrected chi connectivity index (χ3v) is 5.65. The first kappa shape index (κ1) is 21.8. The fourth-order valence-corrected chi connectivity index (χ4v) is 3.98. The van der Waals surface area contributed by atoms with Crippen LogP contribution in [0, 0.1) is 4.77 Å². The van der Waals surface area contributed by atoms with E-state index in [-0.39, 0.29) is 5.91 Å². The average Bonchev–Trinajstić information content (AvgIpc) is 3.19. The van der Waals surface area contributed by atoms with Crippen LogP contribution in [0.2, 0.25) is 0 Å². The second-order valence-corrected chi connectivity index (χ2v) is 7.84. The number of hydrogen-bond acceptors (Lipinski definition) is 4. The number of nitrogens with one attached hydrogen (secondary N) is 2. The number of rotatable bonds is 9. The van der Waals surface area contributed by atoms with Gasteiger partial charge in [0, 0.05) is 25.1 Å². The number of aromatic amines is 1. The first-order valence-electron chi connectivity index (χ1n) is 10.8. The van der Waals surface area contributed by atoms with Gasteiger partial charge in [0.15, 0.2) is 10.6 Å². The van der Waals surface area contributed by atoms with E-state index in [2.05, 4.69) is 45.8 Å². The third kappa shape index (κ3) is 5.06. The summed E-state index contributed by atoms with van der Waals surface area (Å²) >= 11 is 5.38. The summed E-state index contributed by atoms with van der Waals surface area (Å²) in [7, 11) is 0. The van der Waals surface area contributed by atoms with E-state index in [1.807, 2.05) is 47.9 Å². The van der Waals surface area contributed by atoms with Crippen LogP contribution in [0.1, 0.15) is 18.9 Å². The number of nitrogens with zero attached hydrogens (tertiary/aromatic N) is 2. The molecule has 0 bridgehead atoms. The van der Waals surface area contributed by atoms with Gasteiger partial charge in [0.1, 0.15) is 5.75 Å². The molecule has 6 nitrogen and oxygen atoms in total. The van der Waals surface area contributed by atoms with Crippen LogP contribution >= 0.6 is 12.2 Å². The Morgan fingerprint density at radius 3 is 2.69 bits per heavy atom. The lowest BCUT2D eigenvalue weighted by molar-refractivity contribution is -0.121. The minimum absolute atomic E-state index is 0.00835. The summed E-state index contributed by atoms with van der Waals surface area (Å²) in [4.78, 5) is 12.5. The number of hydrogen-bond donors (Lipinski definition) is 2. The van der Waals surface area contributed by atoms with Crippen LogP contribution < -0.4 is 10.1 Å². The van der Waals surface area contributed by atoms with Gasteiger partial charge < -0.3 is 10.1 Å². The quantitative estimate of drug-likeness (QED) is 0.359. The van der Waals surface area contributed by atoms with E-state index in [0.29, 0.717) is 36.7 Å². The van der Waals surface area contributed by atoms with Gasteiger partial charge in [-0.1, -0.05) is 42.5 Å². The summed E-state index contributed by atoms with van der Waals surface area (Å²) in [5, 5.41) is 12.6. The molecule has 3 aromatic carbocycles. The second kappa shape index (κ2) is 10.2. The standard InChI is InChI=1S/C25H26N4O2S/c1-2-31-21-12-10-20(11-13-21)24-27-28-25(32)29(24)17-15-23(30)26-16-14-19-8-5-7-18-6-3-4-9-22(18)19/h3-13H,2,14-17H2,1H3,(H,26,30)(H,28,32). The Labute approximate surface area is 192 Å². The van der Waals surface area contributed by atoms with Crippen molar-refractivity contribution in [1.29, 1.82) is 0 Å². The van der Waals surface area contributed by atoms with Gasteiger partial charge in [0.05, 0.1) is 6.61 Å². The van der Waals surface area contributed by atoms with Gasteiger partial charge in [-0.2, -0.15) is 5.10 Å². The molecule has 1 heterocycles. The molecule has 0 spiro atoms. The van der Waals surface area contributed by atoms with E-state index in [0.717, 1.165) is 17.7 Å². The Kier molecular flexibility index (Phi) is 6.97.